The minimum absolute atomic E-state index is 0.308. The van der Waals surface area contributed by atoms with Crippen molar-refractivity contribution < 1.29 is 0 Å². The number of hydrogen-bond acceptors (Lipinski definition) is 4. The number of nitrogens with zero attached hydrogens (tertiary/aromatic N) is 4. The first-order valence-electron chi connectivity index (χ1n) is 5.00. The lowest BCUT2D eigenvalue weighted by Crippen LogP contribution is -2.06. The summed E-state index contributed by atoms with van der Waals surface area (Å²) in [6, 6.07) is 0. The Morgan fingerprint density at radius 3 is 2.47 bits per heavy atom. The van der Waals surface area contributed by atoms with Gasteiger partial charge in [-0.05, 0) is 13.8 Å². The van der Waals surface area contributed by atoms with Crippen molar-refractivity contribution in [3.63, 3.8) is 0 Å². The maximum Gasteiger partial charge on any atom is 0.135 e. The van der Waals surface area contributed by atoms with Crippen LogP contribution in [0.1, 0.15) is 37.0 Å². The summed E-state index contributed by atoms with van der Waals surface area (Å²) in [6.07, 6.45) is 0. The van der Waals surface area contributed by atoms with Gasteiger partial charge in [0.05, 0.1) is 17.1 Å². The fourth-order valence-corrected chi connectivity index (χ4v) is 1.65. The molecule has 2 rings (SSSR count). The molecule has 15 heavy (non-hydrogen) atoms. The van der Waals surface area contributed by atoms with E-state index in [4.69, 9.17) is 5.73 Å². The Bertz CT molecular complexity index is 512. The number of hydrogen-bond donors (Lipinski definition) is 1. The van der Waals surface area contributed by atoms with Crippen molar-refractivity contribution in [2.75, 3.05) is 5.73 Å². The number of fused-ring (bicyclic) bond motifs is 1. The maximum atomic E-state index is 5.97. The van der Waals surface area contributed by atoms with Gasteiger partial charge in [-0.25, -0.2) is 4.98 Å². The molecule has 5 heteroatoms. The Labute approximate surface area is 88.3 Å². The third-order valence-electron chi connectivity index (χ3n) is 2.50. The van der Waals surface area contributed by atoms with E-state index in [0.29, 0.717) is 11.6 Å². The number of rotatable bonds is 1. The van der Waals surface area contributed by atoms with Crippen LogP contribution in [0.25, 0.3) is 5.52 Å². The van der Waals surface area contributed by atoms with Gasteiger partial charge in [0.2, 0.25) is 0 Å². The zero-order valence-electron chi connectivity index (χ0n) is 9.44. The highest BCUT2D eigenvalue weighted by Gasteiger charge is 2.15. The van der Waals surface area contributed by atoms with Crippen molar-refractivity contribution in [2.24, 2.45) is 0 Å². The molecule has 2 heterocycles. The monoisotopic (exact) mass is 205 g/mol. The van der Waals surface area contributed by atoms with E-state index in [1.807, 2.05) is 13.8 Å². The van der Waals surface area contributed by atoms with Crippen LogP contribution in [0.5, 0.6) is 0 Å². The molecule has 0 aliphatic rings. The van der Waals surface area contributed by atoms with Crippen molar-refractivity contribution in [2.45, 2.75) is 33.6 Å². The minimum Gasteiger partial charge on any atom is -0.395 e. The van der Waals surface area contributed by atoms with Crippen LogP contribution < -0.4 is 5.73 Å². The zero-order chi connectivity index (χ0) is 11.2. The number of nitrogen functional groups attached to an aromatic ring is 1. The summed E-state index contributed by atoms with van der Waals surface area (Å²) in [5.74, 6) is 1.21. The molecular weight excluding hydrogens is 190 g/mol. The summed E-state index contributed by atoms with van der Waals surface area (Å²) >= 11 is 0. The highest BCUT2D eigenvalue weighted by Crippen LogP contribution is 2.23. The lowest BCUT2D eigenvalue weighted by atomic mass is 10.2. The Hall–Kier alpha value is -1.65. The molecule has 0 radical (unpaired) electrons. The summed E-state index contributed by atoms with van der Waals surface area (Å²) in [6.45, 7) is 7.94. The maximum absolute atomic E-state index is 5.97. The second-order valence-corrected chi connectivity index (χ2v) is 4.06. The van der Waals surface area contributed by atoms with Crippen molar-refractivity contribution >= 4 is 11.2 Å². The Morgan fingerprint density at radius 2 is 1.87 bits per heavy atom. The normalized spacial score (nSPS) is 11.5. The third-order valence-corrected chi connectivity index (χ3v) is 2.50. The van der Waals surface area contributed by atoms with Crippen LogP contribution in [-0.2, 0) is 0 Å². The minimum atomic E-state index is 0.308. The van der Waals surface area contributed by atoms with Gasteiger partial charge in [-0.2, -0.15) is 4.52 Å². The summed E-state index contributed by atoms with van der Waals surface area (Å²) in [5.41, 5.74) is 9.18. The van der Waals surface area contributed by atoms with Crippen LogP contribution in [0, 0.1) is 13.8 Å². The van der Waals surface area contributed by atoms with Crippen LogP contribution in [0.3, 0.4) is 0 Å². The number of aryl methyl sites for hydroxylation is 2. The van der Waals surface area contributed by atoms with Gasteiger partial charge < -0.3 is 5.73 Å². The van der Waals surface area contributed by atoms with Crippen molar-refractivity contribution in [1.29, 1.82) is 0 Å². The van der Waals surface area contributed by atoms with Gasteiger partial charge in [-0.3, -0.25) is 0 Å². The van der Waals surface area contributed by atoms with Crippen LogP contribution in [0.15, 0.2) is 0 Å². The van der Waals surface area contributed by atoms with E-state index >= 15 is 0 Å². The molecule has 0 amide bonds. The summed E-state index contributed by atoms with van der Waals surface area (Å²) in [4.78, 5) is 4.47. The van der Waals surface area contributed by atoms with Crippen LogP contribution in [-0.4, -0.2) is 19.8 Å². The first-order chi connectivity index (χ1) is 7.02. The fourth-order valence-electron chi connectivity index (χ4n) is 1.65. The number of imidazole rings is 1. The van der Waals surface area contributed by atoms with Crippen molar-refractivity contribution in [3.05, 3.63) is 17.2 Å². The standard InChI is InChI=1S/C10H15N5/c1-5(2)10-12-7(4)9-8(11)6(3)13-14-15(9)10/h5H,11H2,1-4H3. The van der Waals surface area contributed by atoms with E-state index in [0.717, 1.165) is 22.7 Å². The number of anilines is 1. The topological polar surface area (TPSA) is 69.1 Å². The number of nitrogens with two attached hydrogens (primary N) is 1. The van der Waals surface area contributed by atoms with E-state index in [-0.39, 0.29) is 0 Å². The number of aromatic nitrogens is 4. The smallest absolute Gasteiger partial charge is 0.135 e. The molecule has 2 N–H and O–H groups in total. The third kappa shape index (κ3) is 1.35. The molecule has 0 aliphatic heterocycles. The first-order valence-corrected chi connectivity index (χ1v) is 5.00. The lowest BCUT2D eigenvalue weighted by Gasteiger charge is -2.04. The van der Waals surface area contributed by atoms with Gasteiger partial charge in [0.1, 0.15) is 11.3 Å². The van der Waals surface area contributed by atoms with E-state index in [2.05, 4.69) is 29.1 Å². The van der Waals surface area contributed by atoms with Crippen LogP contribution >= 0.6 is 0 Å². The van der Waals surface area contributed by atoms with Crippen molar-refractivity contribution in [1.82, 2.24) is 19.8 Å². The average Bonchev–Trinajstić information content (AvgIpc) is 2.50. The molecule has 0 aromatic carbocycles. The molecule has 5 nitrogen and oxygen atoms in total. The van der Waals surface area contributed by atoms with Gasteiger partial charge in [0.25, 0.3) is 0 Å². The zero-order valence-corrected chi connectivity index (χ0v) is 9.44. The molecule has 0 aliphatic carbocycles. The van der Waals surface area contributed by atoms with Crippen LogP contribution in [0.2, 0.25) is 0 Å². The van der Waals surface area contributed by atoms with Gasteiger partial charge in [0, 0.05) is 5.92 Å². The SMILES string of the molecule is Cc1nnn2c(C(C)C)nc(C)c2c1N. The van der Waals surface area contributed by atoms with Gasteiger partial charge >= 0.3 is 0 Å². The molecule has 0 spiro atoms. The van der Waals surface area contributed by atoms with Crippen molar-refractivity contribution in [3.8, 4) is 0 Å². The lowest BCUT2D eigenvalue weighted by molar-refractivity contribution is 0.686. The van der Waals surface area contributed by atoms with E-state index in [9.17, 15) is 0 Å². The quantitative estimate of drug-likeness (QED) is 0.765. The van der Waals surface area contributed by atoms with Gasteiger partial charge in [-0.1, -0.05) is 19.1 Å². The molecule has 80 valence electrons. The molecule has 0 saturated carbocycles. The predicted octanol–water partition coefficient (Wildman–Crippen LogP) is 1.45. The summed E-state index contributed by atoms with van der Waals surface area (Å²) in [5, 5.41) is 8.12. The molecule has 0 atom stereocenters. The average molecular weight is 205 g/mol. The molecule has 0 unspecified atom stereocenters. The Kier molecular flexibility index (Phi) is 2.10. The molecule has 0 fully saturated rings. The fraction of sp³-hybridized carbons (Fsp3) is 0.500. The molecule has 0 bridgehead atoms. The van der Waals surface area contributed by atoms with E-state index < -0.39 is 0 Å². The second-order valence-electron chi connectivity index (χ2n) is 4.06. The Morgan fingerprint density at radius 1 is 1.20 bits per heavy atom. The second kappa shape index (κ2) is 3.18. The molecular formula is C10H15N5. The summed E-state index contributed by atoms with van der Waals surface area (Å²) < 4.78 is 1.74. The summed E-state index contributed by atoms with van der Waals surface area (Å²) in [7, 11) is 0. The van der Waals surface area contributed by atoms with Gasteiger partial charge in [-0.15, -0.1) is 5.10 Å². The predicted molar refractivity (Wildman–Crippen MR) is 58.8 cm³/mol. The van der Waals surface area contributed by atoms with E-state index in [1.54, 1.807) is 4.52 Å². The molecule has 2 aromatic heterocycles. The van der Waals surface area contributed by atoms with E-state index in [1.165, 1.54) is 0 Å². The largest absolute Gasteiger partial charge is 0.395 e. The highest BCUT2D eigenvalue weighted by molar-refractivity contribution is 5.73. The van der Waals surface area contributed by atoms with Gasteiger partial charge in [0.15, 0.2) is 0 Å². The molecule has 0 saturated heterocycles. The first kappa shape index (κ1) is 9.89. The Balaban J connectivity index is 2.86. The highest BCUT2D eigenvalue weighted by atomic mass is 15.4. The van der Waals surface area contributed by atoms with Crippen LogP contribution in [0.4, 0.5) is 5.69 Å². The molecule has 2 aromatic rings.